The molecule has 0 bridgehead atoms. The highest BCUT2D eigenvalue weighted by molar-refractivity contribution is 7.80. The second-order valence-corrected chi connectivity index (χ2v) is 5.63. The Kier molecular flexibility index (Phi) is 6.23. The van der Waals surface area contributed by atoms with E-state index in [1.807, 2.05) is 24.3 Å². The predicted octanol–water partition coefficient (Wildman–Crippen LogP) is 3.68. The third kappa shape index (κ3) is 5.45. The van der Waals surface area contributed by atoms with Crippen LogP contribution >= 0.6 is 12.2 Å². The van der Waals surface area contributed by atoms with E-state index < -0.39 is 0 Å². The minimum atomic E-state index is 0.529. The summed E-state index contributed by atoms with van der Waals surface area (Å²) in [6, 6.07) is 13.7. The van der Waals surface area contributed by atoms with Crippen LogP contribution in [0.3, 0.4) is 0 Å². The average molecular weight is 330 g/mol. The molecule has 2 N–H and O–H groups in total. The Balaban J connectivity index is 1.73. The first-order chi connectivity index (χ1) is 11.1. The highest BCUT2D eigenvalue weighted by atomic mass is 32.1. The Labute approximate surface area is 142 Å². The summed E-state index contributed by atoms with van der Waals surface area (Å²) in [5.74, 6) is 1.62. The number of anilines is 1. The standard InChI is InChI=1S/C18H22N2O2S/c1-13-4-5-14(2)17(12-13)20-18(23)19-10-11-22-16-8-6-15(21-3)7-9-16/h4-9,12H,10-11H2,1-3H3,(H2,19,20,23). The Morgan fingerprint density at radius 1 is 1.04 bits per heavy atom. The molecular formula is C18H22N2O2S. The molecule has 0 atom stereocenters. The van der Waals surface area contributed by atoms with E-state index in [1.165, 1.54) is 5.56 Å². The number of ether oxygens (including phenoxy) is 2. The molecule has 0 aromatic heterocycles. The van der Waals surface area contributed by atoms with Crippen molar-refractivity contribution >= 4 is 23.0 Å². The van der Waals surface area contributed by atoms with Crippen LogP contribution in [0.4, 0.5) is 5.69 Å². The van der Waals surface area contributed by atoms with Crippen molar-refractivity contribution in [1.29, 1.82) is 0 Å². The van der Waals surface area contributed by atoms with Crippen LogP contribution in [0.1, 0.15) is 11.1 Å². The first kappa shape index (κ1) is 17.1. The zero-order chi connectivity index (χ0) is 16.7. The molecule has 4 nitrogen and oxygen atoms in total. The van der Waals surface area contributed by atoms with E-state index in [0.29, 0.717) is 18.3 Å². The summed E-state index contributed by atoms with van der Waals surface area (Å²) in [7, 11) is 1.64. The van der Waals surface area contributed by atoms with Gasteiger partial charge in [0.25, 0.3) is 0 Å². The monoisotopic (exact) mass is 330 g/mol. The van der Waals surface area contributed by atoms with Gasteiger partial charge in [0.2, 0.25) is 0 Å². The number of aryl methyl sites for hydroxylation is 2. The predicted molar refractivity (Wildman–Crippen MR) is 98.6 cm³/mol. The fourth-order valence-electron chi connectivity index (χ4n) is 2.04. The van der Waals surface area contributed by atoms with Crippen molar-refractivity contribution in [3.63, 3.8) is 0 Å². The fraction of sp³-hybridized carbons (Fsp3) is 0.278. The molecule has 0 aliphatic heterocycles. The summed E-state index contributed by atoms with van der Waals surface area (Å²) in [6.07, 6.45) is 0. The first-order valence-corrected chi connectivity index (χ1v) is 7.88. The van der Waals surface area contributed by atoms with Crippen LogP contribution in [0.15, 0.2) is 42.5 Å². The van der Waals surface area contributed by atoms with Crippen molar-refractivity contribution in [1.82, 2.24) is 5.32 Å². The molecule has 0 amide bonds. The highest BCUT2D eigenvalue weighted by Gasteiger charge is 2.01. The third-order valence-corrected chi connectivity index (χ3v) is 3.60. The molecule has 0 saturated carbocycles. The molecular weight excluding hydrogens is 308 g/mol. The van der Waals surface area contributed by atoms with Gasteiger partial charge in [0, 0.05) is 5.69 Å². The lowest BCUT2D eigenvalue weighted by Crippen LogP contribution is -2.32. The number of rotatable bonds is 6. The van der Waals surface area contributed by atoms with Crippen molar-refractivity contribution in [3.05, 3.63) is 53.6 Å². The molecule has 0 heterocycles. The van der Waals surface area contributed by atoms with Gasteiger partial charge in [0.05, 0.1) is 13.7 Å². The third-order valence-electron chi connectivity index (χ3n) is 3.36. The normalized spacial score (nSPS) is 10.0. The van der Waals surface area contributed by atoms with Crippen molar-refractivity contribution < 1.29 is 9.47 Å². The zero-order valence-corrected chi connectivity index (χ0v) is 14.5. The number of hydrogen-bond donors (Lipinski definition) is 2. The second kappa shape index (κ2) is 8.39. The minimum absolute atomic E-state index is 0.529. The average Bonchev–Trinajstić information content (AvgIpc) is 2.55. The molecule has 0 fully saturated rings. The second-order valence-electron chi connectivity index (χ2n) is 5.22. The molecule has 0 radical (unpaired) electrons. The number of benzene rings is 2. The lowest BCUT2D eigenvalue weighted by atomic mass is 10.1. The lowest BCUT2D eigenvalue weighted by molar-refractivity contribution is 0.322. The lowest BCUT2D eigenvalue weighted by Gasteiger charge is -2.13. The van der Waals surface area contributed by atoms with Gasteiger partial charge in [-0.2, -0.15) is 0 Å². The van der Waals surface area contributed by atoms with Crippen LogP contribution in [-0.4, -0.2) is 25.4 Å². The Morgan fingerprint density at radius 3 is 2.43 bits per heavy atom. The maximum Gasteiger partial charge on any atom is 0.170 e. The maximum absolute atomic E-state index is 5.64. The van der Waals surface area contributed by atoms with Gasteiger partial charge < -0.3 is 20.1 Å². The fourth-order valence-corrected chi connectivity index (χ4v) is 2.25. The highest BCUT2D eigenvalue weighted by Crippen LogP contribution is 2.17. The summed E-state index contributed by atoms with van der Waals surface area (Å²) in [6.45, 7) is 5.27. The van der Waals surface area contributed by atoms with Gasteiger partial charge in [-0.3, -0.25) is 0 Å². The Hall–Kier alpha value is -2.27. The number of nitrogens with one attached hydrogen (secondary N) is 2. The molecule has 2 aromatic rings. The smallest absolute Gasteiger partial charge is 0.170 e. The van der Waals surface area contributed by atoms with Crippen molar-refractivity contribution in [2.75, 3.05) is 25.6 Å². The first-order valence-electron chi connectivity index (χ1n) is 7.47. The van der Waals surface area contributed by atoms with Gasteiger partial charge in [-0.15, -0.1) is 0 Å². The quantitative estimate of drug-likeness (QED) is 0.625. The van der Waals surface area contributed by atoms with Crippen molar-refractivity contribution in [2.45, 2.75) is 13.8 Å². The van der Waals surface area contributed by atoms with Crippen LogP contribution < -0.4 is 20.1 Å². The molecule has 122 valence electrons. The van der Waals surface area contributed by atoms with Crippen LogP contribution in [0.5, 0.6) is 11.5 Å². The van der Waals surface area contributed by atoms with Crippen LogP contribution in [0, 0.1) is 13.8 Å². The molecule has 5 heteroatoms. The van der Waals surface area contributed by atoms with E-state index in [2.05, 4.69) is 42.7 Å². The molecule has 0 spiro atoms. The summed E-state index contributed by atoms with van der Waals surface area (Å²) in [4.78, 5) is 0. The maximum atomic E-state index is 5.64. The van der Waals surface area contributed by atoms with Gasteiger partial charge >= 0.3 is 0 Å². The largest absolute Gasteiger partial charge is 0.497 e. The van der Waals surface area contributed by atoms with E-state index in [0.717, 1.165) is 22.7 Å². The van der Waals surface area contributed by atoms with Crippen LogP contribution in [-0.2, 0) is 0 Å². The van der Waals surface area contributed by atoms with Crippen molar-refractivity contribution in [3.8, 4) is 11.5 Å². The molecule has 2 rings (SSSR count). The summed E-state index contributed by atoms with van der Waals surface area (Å²) in [5, 5.41) is 6.95. The Morgan fingerprint density at radius 2 is 1.74 bits per heavy atom. The van der Waals surface area contributed by atoms with E-state index in [1.54, 1.807) is 7.11 Å². The summed E-state index contributed by atoms with van der Waals surface area (Å²) < 4.78 is 10.8. The molecule has 0 saturated heterocycles. The molecule has 0 aliphatic rings. The minimum Gasteiger partial charge on any atom is -0.497 e. The molecule has 0 unspecified atom stereocenters. The SMILES string of the molecule is COc1ccc(OCCNC(=S)Nc2cc(C)ccc2C)cc1. The number of hydrogen-bond acceptors (Lipinski definition) is 3. The molecule has 0 aliphatic carbocycles. The molecule has 2 aromatic carbocycles. The van der Waals surface area contributed by atoms with E-state index in [-0.39, 0.29) is 0 Å². The topological polar surface area (TPSA) is 42.5 Å². The van der Waals surface area contributed by atoms with Gasteiger partial charge in [-0.1, -0.05) is 12.1 Å². The zero-order valence-electron chi connectivity index (χ0n) is 13.7. The van der Waals surface area contributed by atoms with Crippen LogP contribution in [0.25, 0.3) is 0 Å². The van der Waals surface area contributed by atoms with Gasteiger partial charge in [0.15, 0.2) is 5.11 Å². The molecule has 23 heavy (non-hydrogen) atoms. The van der Waals surface area contributed by atoms with Crippen LogP contribution in [0.2, 0.25) is 0 Å². The van der Waals surface area contributed by atoms with Gasteiger partial charge in [-0.05, 0) is 67.5 Å². The Bertz CT molecular complexity index is 657. The number of methoxy groups -OCH3 is 1. The van der Waals surface area contributed by atoms with Gasteiger partial charge in [0.1, 0.15) is 18.1 Å². The van der Waals surface area contributed by atoms with E-state index in [4.69, 9.17) is 21.7 Å². The summed E-state index contributed by atoms with van der Waals surface area (Å²) >= 11 is 5.31. The summed E-state index contributed by atoms with van der Waals surface area (Å²) in [5.41, 5.74) is 3.39. The van der Waals surface area contributed by atoms with E-state index >= 15 is 0 Å². The number of thiocarbonyl (C=S) groups is 1. The van der Waals surface area contributed by atoms with Crippen molar-refractivity contribution in [2.24, 2.45) is 0 Å². The van der Waals surface area contributed by atoms with Gasteiger partial charge in [-0.25, -0.2) is 0 Å². The van der Waals surface area contributed by atoms with E-state index in [9.17, 15) is 0 Å².